The molecule has 5 aliphatic rings. The lowest BCUT2D eigenvalue weighted by molar-refractivity contribution is -0.134. The van der Waals surface area contributed by atoms with Gasteiger partial charge in [0.05, 0.1) is 5.71 Å². The highest BCUT2D eigenvalue weighted by Crippen LogP contribution is 2.68. The molecular weight excluding hydrogens is 420 g/mol. The van der Waals surface area contributed by atoms with E-state index in [0.29, 0.717) is 29.5 Å². The number of hydrogen-bond donors (Lipinski definition) is 1. The van der Waals surface area contributed by atoms with E-state index in [-0.39, 0.29) is 22.9 Å². The van der Waals surface area contributed by atoms with Gasteiger partial charge < -0.3 is 10.2 Å². The van der Waals surface area contributed by atoms with Crippen LogP contribution in [0.2, 0.25) is 0 Å². The summed E-state index contributed by atoms with van der Waals surface area (Å²) in [6, 6.07) is 11.0. The van der Waals surface area contributed by atoms with Crippen LogP contribution in [0, 0.1) is 34.5 Å². The number of Topliss-reactive ketones (excluding diaryl/α,β-unsaturated/α-hetero) is 1. The van der Waals surface area contributed by atoms with Crippen molar-refractivity contribution in [2.75, 3.05) is 13.1 Å². The number of nitrogens with zero attached hydrogens (tertiary/aromatic N) is 1. The minimum Gasteiger partial charge on any atom is -0.391 e. The highest BCUT2D eigenvalue weighted by atomic mass is 16.6. The Hall–Kier alpha value is -1.94. The number of carbonyl (C=O) groups is 1. The van der Waals surface area contributed by atoms with Crippen molar-refractivity contribution in [3.05, 3.63) is 48.0 Å². The Balaban J connectivity index is 1.36. The number of oxime groups is 1. The number of hydrogen-bond acceptors (Lipinski definition) is 4. The Bertz CT molecular complexity index is 996. The van der Waals surface area contributed by atoms with Crippen molar-refractivity contribution in [3.63, 3.8) is 0 Å². The van der Waals surface area contributed by atoms with Gasteiger partial charge in [-0.25, -0.2) is 0 Å². The molecule has 6 rings (SSSR count). The van der Waals surface area contributed by atoms with Crippen LogP contribution in [-0.2, 0) is 9.63 Å². The summed E-state index contributed by atoms with van der Waals surface area (Å²) in [6.07, 6.45) is 8.55. The van der Waals surface area contributed by atoms with Gasteiger partial charge in [-0.3, -0.25) is 4.79 Å². The molecule has 8 atom stereocenters. The largest absolute Gasteiger partial charge is 0.391 e. The number of benzene rings is 1. The Kier molecular flexibility index (Phi) is 5.51. The SMILES string of the molecule is C=C1CC2C(CC[C@]3(C)C(=O)CCC23)[C@@]2(C)CC/C(=N\OC3CCNC3)C(c3ccccc3)C12. The smallest absolute Gasteiger partial charge is 0.141 e. The maximum atomic E-state index is 12.9. The molecule has 0 bridgehead atoms. The second kappa shape index (κ2) is 8.33. The van der Waals surface area contributed by atoms with Gasteiger partial charge in [0.2, 0.25) is 0 Å². The molecule has 1 aliphatic heterocycles. The van der Waals surface area contributed by atoms with Gasteiger partial charge >= 0.3 is 0 Å². The average molecular weight is 461 g/mol. The Labute approximate surface area is 204 Å². The van der Waals surface area contributed by atoms with Gasteiger partial charge in [-0.1, -0.05) is 61.5 Å². The minimum atomic E-state index is -0.0894. The second-order valence-electron chi connectivity index (χ2n) is 12.3. The molecule has 4 heteroatoms. The van der Waals surface area contributed by atoms with E-state index >= 15 is 0 Å². The molecule has 0 aromatic heterocycles. The van der Waals surface area contributed by atoms with Crippen LogP contribution < -0.4 is 5.32 Å². The third-order valence-corrected chi connectivity index (χ3v) is 10.7. The van der Waals surface area contributed by atoms with E-state index in [2.05, 4.69) is 49.5 Å². The van der Waals surface area contributed by atoms with Gasteiger partial charge in [0.1, 0.15) is 11.9 Å². The lowest BCUT2D eigenvalue weighted by Gasteiger charge is -2.61. The van der Waals surface area contributed by atoms with Crippen molar-refractivity contribution in [1.29, 1.82) is 0 Å². The topological polar surface area (TPSA) is 50.7 Å². The van der Waals surface area contributed by atoms with Gasteiger partial charge in [-0.15, -0.1) is 0 Å². The first-order valence-corrected chi connectivity index (χ1v) is 13.6. The maximum absolute atomic E-state index is 12.9. The summed E-state index contributed by atoms with van der Waals surface area (Å²) in [5.74, 6) is 2.95. The monoisotopic (exact) mass is 460 g/mol. The molecular formula is C30H40N2O2. The van der Waals surface area contributed by atoms with E-state index in [0.717, 1.165) is 58.0 Å². The van der Waals surface area contributed by atoms with Crippen LogP contribution >= 0.6 is 0 Å². The standard InChI is InChI=1S/C30H40N2O2/c1-19-17-22-23-9-10-26(33)29(23,2)14-11-24(22)30(3)15-12-25(32-34-21-13-16-31-18-21)27(28(19)30)20-7-5-4-6-8-20/h4-8,21-24,27-28,31H,1,9-18H2,2-3H3/b32-25+/t21?,22?,23?,24?,27?,28?,29-,30+/m0/s1. The first-order chi connectivity index (χ1) is 16.4. The first kappa shape index (κ1) is 22.5. The second-order valence-corrected chi connectivity index (χ2v) is 12.3. The van der Waals surface area contributed by atoms with Crippen LogP contribution in [-0.4, -0.2) is 30.7 Å². The highest BCUT2D eigenvalue weighted by molar-refractivity contribution is 5.92. The van der Waals surface area contributed by atoms with Gasteiger partial charge in [0, 0.05) is 30.7 Å². The van der Waals surface area contributed by atoms with Crippen LogP contribution in [0.4, 0.5) is 0 Å². The van der Waals surface area contributed by atoms with Crippen molar-refractivity contribution in [1.82, 2.24) is 5.32 Å². The summed E-state index contributed by atoms with van der Waals surface area (Å²) >= 11 is 0. The van der Waals surface area contributed by atoms with Crippen molar-refractivity contribution in [3.8, 4) is 0 Å². The van der Waals surface area contributed by atoms with E-state index in [1.165, 1.54) is 23.3 Å². The fourth-order valence-electron chi connectivity index (χ4n) is 9.00. The Morgan fingerprint density at radius 1 is 1.06 bits per heavy atom. The van der Waals surface area contributed by atoms with Crippen molar-refractivity contribution >= 4 is 11.5 Å². The van der Waals surface area contributed by atoms with Gasteiger partial charge in [0.25, 0.3) is 0 Å². The number of carbonyl (C=O) groups excluding carboxylic acids is 1. The molecule has 1 heterocycles. The molecule has 1 aromatic rings. The molecule has 0 spiro atoms. The highest BCUT2D eigenvalue weighted by Gasteiger charge is 2.62. The van der Waals surface area contributed by atoms with Crippen LogP contribution in [0.25, 0.3) is 0 Å². The predicted octanol–water partition coefficient (Wildman–Crippen LogP) is 5.89. The van der Waals surface area contributed by atoms with Gasteiger partial charge in [-0.2, -0.15) is 0 Å². The molecule has 0 radical (unpaired) electrons. The van der Waals surface area contributed by atoms with Crippen molar-refractivity contribution < 1.29 is 9.63 Å². The fraction of sp³-hybridized carbons (Fsp3) is 0.667. The quantitative estimate of drug-likeness (QED) is 0.452. The molecule has 4 saturated carbocycles. The summed E-state index contributed by atoms with van der Waals surface area (Å²) in [5, 5.41) is 8.23. The summed E-state index contributed by atoms with van der Waals surface area (Å²) in [5.41, 5.74) is 4.05. The lowest BCUT2D eigenvalue weighted by atomic mass is 9.42. The number of ketones is 1. The molecule has 1 aromatic carbocycles. The predicted molar refractivity (Wildman–Crippen MR) is 136 cm³/mol. The van der Waals surface area contributed by atoms with Gasteiger partial charge in [0.15, 0.2) is 0 Å². The number of nitrogens with one attached hydrogen (secondary N) is 1. The van der Waals surface area contributed by atoms with E-state index in [9.17, 15) is 4.79 Å². The van der Waals surface area contributed by atoms with Crippen molar-refractivity contribution in [2.24, 2.45) is 39.7 Å². The summed E-state index contributed by atoms with van der Waals surface area (Å²) in [6.45, 7) is 11.5. The number of rotatable bonds is 3. The zero-order chi connectivity index (χ0) is 23.5. The lowest BCUT2D eigenvalue weighted by Crippen LogP contribution is -2.56. The summed E-state index contributed by atoms with van der Waals surface area (Å²) in [4.78, 5) is 18.9. The number of fused-ring (bicyclic) bond motifs is 5. The molecule has 34 heavy (non-hydrogen) atoms. The van der Waals surface area contributed by atoms with Crippen LogP contribution in [0.15, 0.2) is 47.6 Å². The average Bonchev–Trinajstić information content (AvgIpc) is 3.46. The van der Waals surface area contributed by atoms with Crippen molar-refractivity contribution in [2.45, 2.75) is 77.2 Å². The molecule has 1 saturated heterocycles. The Morgan fingerprint density at radius 2 is 1.88 bits per heavy atom. The minimum absolute atomic E-state index is 0.0894. The van der Waals surface area contributed by atoms with E-state index < -0.39 is 0 Å². The summed E-state index contributed by atoms with van der Waals surface area (Å²) < 4.78 is 0. The van der Waals surface area contributed by atoms with E-state index in [4.69, 9.17) is 16.6 Å². The zero-order valence-electron chi connectivity index (χ0n) is 20.9. The molecule has 182 valence electrons. The van der Waals surface area contributed by atoms with E-state index in [1.807, 2.05) is 0 Å². The maximum Gasteiger partial charge on any atom is 0.141 e. The van der Waals surface area contributed by atoms with Crippen LogP contribution in [0.5, 0.6) is 0 Å². The van der Waals surface area contributed by atoms with Crippen LogP contribution in [0.1, 0.15) is 76.7 Å². The molecule has 6 unspecified atom stereocenters. The molecule has 0 amide bonds. The normalized spacial score (nSPS) is 45.1. The van der Waals surface area contributed by atoms with Crippen LogP contribution in [0.3, 0.4) is 0 Å². The Morgan fingerprint density at radius 3 is 2.65 bits per heavy atom. The third kappa shape index (κ3) is 3.35. The van der Waals surface area contributed by atoms with Gasteiger partial charge in [-0.05, 0) is 79.7 Å². The summed E-state index contributed by atoms with van der Waals surface area (Å²) in [7, 11) is 0. The van der Waals surface area contributed by atoms with E-state index in [1.54, 1.807) is 0 Å². The molecule has 5 fully saturated rings. The first-order valence-electron chi connectivity index (χ1n) is 13.6. The molecule has 4 nitrogen and oxygen atoms in total. The number of allylic oxidation sites excluding steroid dienone is 1. The molecule has 4 aliphatic carbocycles. The molecule has 1 N–H and O–H groups in total. The third-order valence-electron chi connectivity index (χ3n) is 10.7. The fourth-order valence-corrected chi connectivity index (χ4v) is 9.00. The zero-order valence-corrected chi connectivity index (χ0v) is 20.9.